The van der Waals surface area contributed by atoms with Crippen molar-refractivity contribution in [1.29, 1.82) is 0 Å². The number of morpholine rings is 1. The third-order valence-electron chi connectivity index (χ3n) is 5.43. The van der Waals surface area contributed by atoms with Gasteiger partial charge in [-0.2, -0.15) is 0 Å². The number of rotatable bonds is 9. The van der Waals surface area contributed by atoms with Crippen molar-refractivity contribution >= 4 is 34.0 Å². The van der Waals surface area contributed by atoms with Crippen LogP contribution in [0, 0.1) is 0 Å². The number of carboxylic acids is 1. The minimum absolute atomic E-state index is 0.0505. The highest BCUT2D eigenvalue weighted by molar-refractivity contribution is 7.13. The molecule has 0 spiro atoms. The van der Waals surface area contributed by atoms with Crippen LogP contribution in [0.5, 0.6) is 0 Å². The molecule has 9 nitrogen and oxygen atoms in total. The highest BCUT2D eigenvalue weighted by atomic mass is 32.1. The molecular formula is C22H30N4O5S. The number of benzene rings is 1. The van der Waals surface area contributed by atoms with Crippen LogP contribution in [-0.4, -0.2) is 79.5 Å². The summed E-state index contributed by atoms with van der Waals surface area (Å²) < 4.78 is 10.6. The third-order valence-corrected chi connectivity index (χ3v) is 6.39. The lowest BCUT2D eigenvalue weighted by Gasteiger charge is -2.42. The molecule has 2 N–H and O–H groups in total. The molecule has 10 heteroatoms. The Morgan fingerprint density at radius 2 is 2.19 bits per heavy atom. The first-order chi connectivity index (χ1) is 15.2. The molecule has 0 atom stereocenters. The van der Waals surface area contributed by atoms with Gasteiger partial charge in [-0.3, -0.25) is 9.69 Å². The molecule has 1 aromatic heterocycles. The van der Waals surface area contributed by atoms with E-state index in [4.69, 9.17) is 9.47 Å². The molecule has 1 amide bonds. The summed E-state index contributed by atoms with van der Waals surface area (Å²) in [6.07, 6.45) is 0. The zero-order valence-corrected chi connectivity index (χ0v) is 19.7. The zero-order chi connectivity index (χ0) is 23.3. The Labute approximate surface area is 192 Å². The van der Waals surface area contributed by atoms with Crippen molar-refractivity contribution in [2.24, 2.45) is 0 Å². The topological polar surface area (TPSA) is 104 Å². The number of carbonyl (C=O) groups excluding carboxylic acids is 1. The van der Waals surface area contributed by atoms with Crippen molar-refractivity contribution in [1.82, 2.24) is 9.88 Å². The second-order valence-electron chi connectivity index (χ2n) is 8.36. The smallest absolute Gasteiger partial charge is 0.337 e. The summed E-state index contributed by atoms with van der Waals surface area (Å²) >= 11 is 1.35. The van der Waals surface area contributed by atoms with Crippen LogP contribution in [0.4, 0.5) is 10.8 Å². The number of amides is 1. The fourth-order valence-electron chi connectivity index (χ4n) is 3.43. The highest BCUT2D eigenvalue weighted by Gasteiger charge is 2.30. The summed E-state index contributed by atoms with van der Waals surface area (Å²) in [4.78, 5) is 33.1. The number of aromatic nitrogens is 1. The highest BCUT2D eigenvalue weighted by Crippen LogP contribution is 2.25. The first kappa shape index (κ1) is 24.1. The lowest BCUT2D eigenvalue weighted by atomic mass is 10.0. The van der Waals surface area contributed by atoms with Gasteiger partial charge in [0.2, 0.25) is 0 Å². The predicted molar refractivity (Wildman–Crippen MR) is 124 cm³/mol. The van der Waals surface area contributed by atoms with Gasteiger partial charge < -0.3 is 24.8 Å². The molecule has 1 aliphatic heterocycles. The van der Waals surface area contributed by atoms with Gasteiger partial charge in [0.25, 0.3) is 5.91 Å². The molecule has 1 saturated heterocycles. The Hall–Kier alpha value is -2.53. The number of aromatic carboxylic acids is 1. The van der Waals surface area contributed by atoms with Crippen molar-refractivity contribution < 1.29 is 24.2 Å². The summed E-state index contributed by atoms with van der Waals surface area (Å²) in [5.41, 5.74) is 1.27. The van der Waals surface area contributed by atoms with Crippen molar-refractivity contribution in [3.63, 3.8) is 0 Å². The van der Waals surface area contributed by atoms with E-state index < -0.39 is 11.9 Å². The normalized spacial score (nSPS) is 16.0. The minimum Gasteiger partial charge on any atom is -0.478 e. The third kappa shape index (κ3) is 5.83. The molecule has 174 valence electrons. The van der Waals surface area contributed by atoms with Crippen LogP contribution in [0.1, 0.15) is 40.3 Å². The van der Waals surface area contributed by atoms with E-state index in [9.17, 15) is 14.7 Å². The second kappa shape index (κ2) is 10.4. The molecule has 0 saturated carbocycles. The predicted octanol–water partition coefficient (Wildman–Crippen LogP) is 2.79. The maximum absolute atomic E-state index is 12.7. The lowest BCUT2D eigenvalue weighted by Crippen LogP contribution is -2.52. The van der Waals surface area contributed by atoms with E-state index in [0.29, 0.717) is 38.0 Å². The van der Waals surface area contributed by atoms with Gasteiger partial charge in [-0.05, 0) is 31.5 Å². The maximum Gasteiger partial charge on any atom is 0.337 e. The Morgan fingerprint density at radius 1 is 1.41 bits per heavy atom. The molecule has 2 heterocycles. The summed E-state index contributed by atoms with van der Waals surface area (Å²) in [6, 6.07) is 5.11. The molecule has 0 radical (unpaired) electrons. The van der Waals surface area contributed by atoms with Gasteiger partial charge in [0.1, 0.15) is 5.69 Å². The summed E-state index contributed by atoms with van der Waals surface area (Å²) in [7, 11) is 3.50. The van der Waals surface area contributed by atoms with E-state index in [-0.39, 0.29) is 22.5 Å². The monoisotopic (exact) mass is 462 g/mol. The number of carbonyl (C=O) groups is 2. The van der Waals surface area contributed by atoms with Gasteiger partial charge in [-0.1, -0.05) is 6.07 Å². The molecule has 3 rings (SSSR count). The number of nitrogens with one attached hydrogen (secondary N) is 1. The van der Waals surface area contributed by atoms with Crippen LogP contribution in [-0.2, 0) is 16.0 Å². The largest absolute Gasteiger partial charge is 0.478 e. The zero-order valence-electron chi connectivity index (χ0n) is 18.9. The lowest BCUT2D eigenvalue weighted by molar-refractivity contribution is -0.0552. The van der Waals surface area contributed by atoms with Crippen LogP contribution < -0.4 is 10.2 Å². The molecule has 32 heavy (non-hydrogen) atoms. The molecule has 0 bridgehead atoms. The van der Waals surface area contributed by atoms with Crippen molar-refractivity contribution in [2.45, 2.75) is 25.9 Å². The summed E-state index contributed by atoms with van der Waals surface area (Å²) in [5, 5.41) is 14.8. The van der Waals surface area contributed by atoms with Crippen LogP contribution in [0.2, 0.25) is 0 Å². The van der Waals surface area contributed by atoms with Crippen LogP contribution >= 0.6 is 11.3 Å². The van der Waals surface area contributed by atoms with Crippen LogP contribution in [0.15, 0.2) is 23.6 Å². The average molecular weight is 463 g/mol. The molecule has 1 fully saturated rings. The Kier molecular flexibility index (Phi) is 7.83. The number of methoxy groups -OCH3 is 1. The number of hydrogen-bond acceptors (Lipinski definition) is 8. The SMILES string of the molecule is COCCN(C)c1nc(C(=O)Nc2ccc(CN3CCOCC3(C)C)cc2C(=O)O)cs1. The molecule has 2 aromatic rings. The quantitative estimate of drug-likeness (QED) is 0.586. The number of thiazole rings is 1. The van der Waals surface area contributed by atoms with Gasteiger partial charge >= 0.3 is 5.97 Å². The standard InChI is InChI=1S/C22H30N4O5S/c1-22(2)14-31-10-8-26(22)12-15-5-6-17(16(11-15)20(28)29)23-19(27)18-13-32-21(24-18)25(3)7-9-30-4/h5-6,11,13H,7-10,12,14H2,1-4H3,(H,23,27)(H,28,29). The van der Waals surface area contributed by atoms with E-state index >= 15 is 0 Å². The fraction of sp³-hybridized carbons (Fsp3) is 0.500. The van der Waals surface area contributed by atoms with Gasteiger partial charge in [-0.25, -0.2) is 9.78 Å². The first-order valence-corrected chi connectivity index (χ1v) is 11.2. The van der Waals surface area contributed by atoms with E-state index in [1.165, 1.54) is 11.3 Å². The fourth-order valence-corrected chi connectivity index (χ4v) is 4.23. The number of anilines is 2. The molecule has 0 aliphatic carbocycles. The summed E-state index contributed by atoms with van der Waals surface area (Å²) in [6.45, 7) is 8.07. The van der Waals surface area contributed by atoms with E-state index in [2.05, 4.69) is 29.0 Å². The Morgan fingerprint density at radius 3 is 2.88 bits per heavy atom. The Bertz CT molecular complexity index is 962. The number of ether oxygens (including phenoxy) is 2. The van der Waals surface area contributed by atoms with Gasteiger partial charge in [-0.15, -0.1) is 11.3 Å². The maximum atomic E-state index is 12.7. The van der Waals surface area contributed by atoms with Crippen LogP contribution in [0.25, 0.3) is 0 Å². The van der Waals surface area contributed by atoms with Crippen molar-refractivity contribution in [2.75, 3.05) is 57.3 Å². The summed E-state index contributed by atoms with van der Waals surface area (Å²) in [5.74, 6) is -1.54. The number of hydrogen-bond donors (Lipinski definition) is 2. The molecule has 1 aromatic carbocycles. The van der Waals surface area contributed by atoms with Crippen molar-refractivity contribution in [3.8, 4) is 0 Å². The molecule has 1 aliphatic rings. The van der Waals surface area contributed by atoms with E-state index in [0.717, 1.165) is 12.1 Å². The first-order valence-electron chi connectivity index (χ1n) is 10.4. The Balaban J connectivity index is 1.73. The van der Waals surface area contributed by atoms with E-state index in [1.807, 2.05) is 18.0 Å². The number of likely N-dealkylation sites (N-methyl/N-ethyl adjacent to an activating group) is 1. The molecular weight excluding hydrogens is 432 g/mol. The van der Waals surface area contributed by atoms with Crippen molar-refractivity contribution in [3.05, 3.63) is 40.4 Å². The van der Waals surface area contributed by atoms with Gasteiger partial charge in [0, 0.05) is 44.7 Å². The average Bonchev–Trinajstić information content (AvgIpc) is 3.25. The van der Waals surface area contributed by atoms with Crippen LogP contribution in [0.3, 0.4) is 0 Å². The second-order valence-corrected chi connectivity index (χ2v) is 9.19. The van der Waals surface area contributed by atoms with Gasteiger partial charge in [0.05, 0.1) is 31.1 Å². The number of nitrogens with zero attached hydrogens (tertiary/aromatic N) is 3. The number of carboxylic acid groups (broad SMARTS) is 1. The van der Waals surface area contributed by atoms with E-state index in [1.54, 1.807) is 24.6 Å². The van der Waals surface area contributed by atoms with Gasteiger partial charge in [0.15, 0.2) is 5.13 Å². The minimum atomic E-state index is -1.10. The molecule has 0 unspecified atom stereocenters.